The van der Waals surface area contributed by atoms with E-state index in [4.69, 9.17) is 11.6 Å². The molecule has 4 nitrogen and oxygen atoms in total. The van der Waals surface area contributed by atoms with Gasteiger partial charge in [0.2, 0.25) is 0 Å². The lowest BCUT2D eigenvalue weighted by atomic mass is 9.94. The van der Waals surface area contributed by atoms with Crippen molar-refractivity contribution in [3.8, 4) is 0 Å². The summed E-state index contributed by atoms with van der Waals surface area (Å²) in [6.07, 6.45) is -1.84. The molecular formula is C21H22ClF5N4S. The molecule has 2 aromatic heterocycles. The number of nitrogens with zero attached hydrogens (tertiary/aromatic N) is 3. The first-order valence-electron chi connectivity index (χ1n) is 9.71. The molecule has 1 atom stereocenters. The lowest BCUT2D eigenvalue weighted by Crippen LogP contribution is -2.46. The smallest absolute Gasteiger partial charge is 0.355 e. The number of pyridine rings is 2. The summed E-state index contributed by atoms with van der Waals surface area (Å²) < 4.78 is 68.9. The van der Waals surface area contributed by atoms with Crippen molar-refractivity contribution in [2.75, 3.05) is 29.6 Å². The highest BCUT2D eigenvalue weighted by molar-refractivity contribution is 7.98. The second-order valence-corrected chi connectivity index (χ2v) is 8.85. The molecule has 1 aliphatic heterocycles. The number of thioether (sulfide) groups is 1. The van der Waals surface area contributed by atoms with E-state index in [-0.39, 0.29) is 35.7 Å². The van der Waals surface area contributed by atoms with Crippen LogP contribution in [0.15, 0.2) is 29.9 Å². The fraction of sp³-hybridized carbons (Fsp3) is 0.429. The summed E-state index contributed by atoms with van der Waals surface area (Å²) in [5, 5.41) is 3.25. The first-order valence-corrected chi connectivity index (χ1v) is 11.3. The Bertz CT molecular complexity index is 1030. The van der Waals surface area contributed by atoms with Crippen LogP contribution in [0.2, 0.25) is 5.02 Å². The molecule has 1 unspecified atom stereocenters. The van der Waals surface area contributed by atoms with Crippen LogP contribution in [0.25, 0.3) is 5.70 Å². The minimum Gasteiger partial charge on any atom is -0.355 e. The van der Waals surface area contributed by atoms with Crippen molar-refractivity contribution < 1.29 is 22.0 Å². The number of hydrogen-bond donors (Lipinski definition) is 1. The maximum absolute atomic E-state index is 14.0. The zero-order valence-electron chi connectivity index (χ0n) is 17.7. The maximum atomic E-state index is 14.0. The fourth-order valence-electron chi connectivity index (χ4n) is 3.56. The van der Waals surface area contributed by atoms with Crippen LogP contribution in [0, 0.1) is 12.8 Å². The Morgan fingerprint density at radius 3 is 2.66 bits per heavy atom. The summed E-state index contributed by atoms with van der Waals surface area (Å²) in [5.41, 5.74) is -0.00605. The van der Waals surface area contributed by atoms with Gasteiger partial charge in [-0.3, -0.25) is 0 Å². The van der Waals surface area contributed by atoms with Gasteiger partial charge in [0.05, 0.1) is 10.0 Å². The zero-order valence-corrected chi connectivity index (χ0v) is 19.2. The highest BCUT2D eigenvalue weighted by Gasteiger charge is 2.43. The predicted molar refractivity (Wildman–Crippen MR) is 119 cm³/mol. The normalized spacial score (nSPS) is 18.5. The first kappa shape index (κ1) is 24.6. The van der Waals surface area contributed by atoms with Crippen molar-refractivity contribution >= 4 is 40.6 Å². The van der Waals surface area contributed by atoms with E-state index in [0.29, 0.717) is 5.69 Å². The largest absolute Gasteiger partial charge is 0.434 e. The molecule has 1 saturated heterocycles. The van der Waals surface area contributed by atoms with Gasteiger partial charge < -0.3 is 10.2 Å². The quantitative estimate of drug-likeness (QED) is 0.369. The van der Waals surface area contributed by atoms with Gasteiger partial charge in [0.15, 0.2) is 5.69 Å². The van der Waals surface area contributed by atoms with E-state index in [9.17, 15) is 22.0 Å². The number of anilines is 2. The van der Waals surface area contributed by atoms with E-state index in [1.807, 2.05) is 6.26 Å². The van der Waals surface area contributed by atoms with Crippen molar-refractivity contribution in [1.82, 2.24) is 9.97 Å². The third kappa shape index (κ3) is 4.96. The topological polar surface area (TPSA) is 41.1 Å². The van der Waals surface area contributed by atoms with Crippen molar-refractivity contribution in [2.45, 2.75) is 37.4 Å². The van der Waals surface area contributed by atoms with Gasteiger partial charge in [-0.25, -0.2) is 18.7 Å². The molecule has 3 rings (SSSR count). The molecule has 0 aromatic carbocycles. The van der Waals surface area contributed by atoms with E-state index in [1.165, 1.54) is 30.5 Å². The number of nitrogens with one attached hydrogen (secondary N) is 1. The Kier molecular flexibility index (Phi) is 6.95. The van der Waals surface area contributed by atoms with E-state index in [2.05, 4.69) is 21.9 Å². The lowest BCUT2D eigenvalue weighted by Gasteiger charge is -2.38. The average Bonchev–Trinajstić information content (AvgIpc) is 2.71. The Hall–Kier alpha value is -2.07. The molecule has 0 spiro atoms. The average molecular weight is 493 g/mol. The van der Waals surface area contributed by atoms with Gasteiger partial charge in [0.1, 0.15) is 5.82 Å². The molecule has 2 aromatic rings. The Morgan fingerprint density at radius 1 is 1.38 bits per heavy atom. The maximum Gasteiger partial charge on any atom is 0.434 e. The summed E-state index contributed by atoms with van der Waals surface area (Å²) in [5.74, 6) is -4.02. The molecule has 32 heavy (non-hydrogen) atoms. The second-order valence-electron chi connectivity index (χ2n) is 7.64. The molecule has 0 aliphatic carbocycles. The van der Waals surface area contributed by atoms with E-state index in [0.717, 1.165) is 5.03 Å². The van der Waals surface area contributed by atoms with Gasteiger partial charge in [0, 0.05) is 48.6 Å². The van der Waals surface area contributed by atoms with Crippen LogP contribution in [-0.2, 0) is 6.18 Å². The van der Waals surface area contributed by atoms with Crippen LogP contribution < -0.4 is 10.2 Å². The van der Waals surface area contributed by atoms with Crippen LogP contribution in [0.3, 0.4) is 0 Å². The van der Waals surface area contributed by atoms with E-state index in [1.54, 1.807) is 18.3 Å². The van der Waals surface area contributed by atoms with Gasteiger partial charge >= 0.3 is 6.18 Å². The minimum atomic E-state index is -4.80. The van der Waals surface area contributed by atoms with Crippen LogP contribution >= 0.6 is 23.4 Å². The molecule has 0 bridgehead atoms. The first-order chi connectivity index (χ1) is 14.8. The van der Waals surface area contributed by atoms with Crippen LogP contribution in [0.4, 0.5) is 33.5 Å². The third-order valence-corrected chi connectivity index (χ3v) is 6.50. The summed E-state index contributed by atoms with van der Waals surface area (Å²) in [6.45, 7) is 6.49. The van der Waals surface area contributed by atoms with Crippen molar-refractivity contribution in [3.05, 3.63) is 46.8 Å². The van der Waals surface area contributed by atoms with Crippen LogP contribution in [0.1, 0.15) is 30.2 Å². The number of alkyl halides is 5. The molecule has 3 heterocycles. The molecule has 1 fully saturated rings. The number of rotatable bonds is 5. The van der Waals surface area contributed by atoms with Crippen molar-refractivity contribution in [1.29, 1.82) is 0 Å². The van der Waals surface area contributed by atoms with Gasteiger partial charge in [-0.15, -0.1) is 11.8 Å². The molecule has 1 N–H and O–H groups in total. The zero-order chi connectivity index (χ0) is 23.8. The summed E-state index contributed by atoms with van der Waals surface area (Å²) >= 11 is 7.48. The predicted octanol–water partition coefficient (Wildman–Crippen LogP) is 6.74. The molecule has 11 heteroatoms. The second kappa shape index (κ2) is 9.05. The van der Waals surface area contributed by atoms with Crippen LogP contribution in [-0.4, -0.2) is 35.2 Å². The number of hydrogen-bond acceptors (Lipinski definition) is 5. The monoisotopic (exact) mass is 492 g/mol. The van der Waals surface area contributed by atoms with Crippen molar-refractivity contribution in [3.63, 3.8) is 0 Å². The van der Waals surface area contributed by atoms with Gasteiger partial charge in [-0.1, -0.05) is 25.1 Å². The third-order valence-electron chi connectivity index (χ3n) is 5.39. The van der Waals surface area contributed by atoms with Gasteiger partial charge in [-0.05, 0) is 30.9 Å². The Morgan fingerprint density at radius 2 is 2.06 bits per heavy atom. The Balaban J connectivity index is 2.09. The number of aromatic nitrogens is 2. The number of piperidine rings is 1. The van der Waals surface area contributed by atoms with Gasteiger partial charge in [0.25, 0.3) is 5.92 Å². The highest BCUT2D eigenvalue weighted by atomic mass is 35.5. The molecule has 0 saturated carbocycles. The highest BCUT2D eigenvalue weighted by Crippen LogP contribution is 2.43. The number of halogens is 6. The van der Waals surface area contributed by atoms with Gasteiger partial charge in [-0.2, -0.15) is 13.2 Å². The Labute approximate surface area is 192 Å². The molecule has 0 amide bonds. The van der Waals surface area contributed by atoms with Crippen LogP contribution in [0.5, 0.6) is 0 Å². The molecule has 174 valence electrons. The molecule has 1 aliphatic rings. The summed E-state index contributed by atoms with van der Waals surface area (Å²) in [7, 11) is 0. The van der Waals surface area contributed by atoms with E-state index < -0.39 is 35.2 Å². The summed E-state index contributed by atoms with van der Waals surface area (Å²) in [4.78, 5) is 9.44. The minimum absolute atomic E-state index is 0.0711. The van der Waals surface area contributed by atoms with E-state index >= 15 is 0 Å². The lowest BCUT2D eigenvalue weighted by molar-refractivity contribution is -0.141. The molecule has 0 radical (unpaired) electrons. The SMILES string of the molecule is C=C(Nc1ccnc(SC)c1)c1c(N2CCC(F)(F)C(C)C2)nc(C(F)(F)F)c(Cl)c1C. The molecular weight excluding hydrogens is 471 g/mol. The van der Waals surface area contributed by atoms with Crippen molar-refractivity contribution in [2.24, 2.45) is 5.92 Å². The standard InChI is InChI=1S/C21H22ClF5N4S/c1-11-10-31(8-6-20(11,23)24)19-16(12(2)17(22)18(30-19)21(25,26)27)13(3)29-14-5-7-28-15(9-14)32-4/h5,7,9,11H,3,6,8,10H2,1-2,4H3,(H,28,29). The summed E-state index contributed by atoms with van der Waals surface area (Å²) in [6, 6.07) is 3.44. The fourth-order valence-corrected chi connectivity index (χ4v) is 4.21.